The third-order valence-corrected chi connectivity index (χ3v) is 4.69. The summed E-state index contributed by atoms with van der Waals surface area (Å²) in [5, 5.41) is 2.83. The topological polar surface area (TPSA) is 76.6 Å². The fourth-order valence-corrected chi connectivity index (χ4v) is 3.26. The molecule has 150 valence electrons. The van der Waals surface area contributed by atoms with Crippen LogP contribution in [0.2, 0.25) is 0 Å². The maximum Gasteiger partial charge on any atom is 0.262 e. The summed E-state index contributed by atoms with van der Waals surface area (Å²) < 4.78 is 10.9. The minimum absolute atomic E-state index is 0.132. The number of benzene rings is 1. The van der Waals surface area contributed by atoms with Crippen LogP contribution in [-0.4, -0.2) is 42.7 Å². The maximum atomic E-state index is 12.3. The van der Waals surface area contributed by atoms with Crippen molar-refractivity contribution in [2.24, 2.45) is 0 Å². The molecule has 0 atom stereocenters. The van der Waals surface area contributed by atoms with Gasteiger partial charge in [-0.15, -0.1) is 0 Å². The van der Waals surface area contributed by atoms with Crippen LogP contribution >= 0.6 is 0 Å². The highest BCUT2D eigenvalue weighted by molar-refractivity contribution is 5.93. The van der Waals surface area contributed by atoms with Crippen LogP contribution in [0.15, 0.2) is 24.3 Å². The van der Waals surface area contributed by atoms with E-state index in [4.69, 9.17) is 9.47 Å². The standard InChI is InChI=1S/C21H28N4O3/c1-15-8-9-18(27-3)17(12-15)23-19(26)14-28-20-13-16(2)22-21(24-20)25-10-6-4-5-7-11-25/h8-9,12-13H,4-7,10-11,14H2,1-3H3,(H,23,26). The zero-order valence-corrected chi connectivity index (χ0v) is 16.8. The predicted molar refractivity (Wildman–Crippen MR) is 109 cm³/mol. The summed E-state index contributed by atoms with van der Waals surface area (Å²) in [6.07, 6.45) is 4.78. The van der Waals surface area contributed by atoms with E-state index in [9.17, 15) is 4.79 Å². The van der Waals surface area contributed by atoms with E-state index in [2.05, 4.69) is 20.2 Å². The first-order valence-electron chi connectivity index (χ1n) is 9.73. The molecule has 0 saturated carbocycles. The van der Waals surface area contributed by atoms with E-state index in [-0.39, 0.29) is 12.5 Å². The number of carbonyl (C=O) groups excluding carboxylic acids is 1. The summed E-state index contributed by atoms with van der Waals surface area (Å²) >= 11 is 0. The lowest BCUT2D eigenvalue weighted by atomic mass is 10.2. The number of aromatic nitrogens is 2. The molecule has 0 aliphatic carbocycles. The van der Waals surface area contributed by atoms with Crippen molar-refractivity contribution in [3.05, 3.63) is 35.5 Å². The molecule has 0 unspecified atom stereocenters. The van der Waals surface area contributed by atoms with Gasteiger partial charge in [0.25, 0.3) is 5.91 Å². The van der Waals surface area contributed by atoms with E-state index < -0.39 is 0 Å². The molecular formula is C21H28N4O3. The third kappa shape index (κ3) is 5.34. The first-order valence-corrected chi connectivity index (χ1v) is 9.73. The third-order valence-electron chi connectivity index (χ3n) is 4.69. The number of nitrogens with one attached hydrogen (secondary N) is 1. The first-order chi connectivity index (χ1) is 13.5. The molecule has 0 bridgehead atoms. The Morgan fingerprint density at radius 1 is 1.11 bits per heavy atom. The summed E-state index contributed by atoms with van der Waals surface area (Å²) in [4.78, 5) is 23.6. The molecule has 7 heteroatoms. The van der Waals surface area contributed by atoms with Crippen LogP contribution in [0, 0.1) is 13.8 Å². The Hall–Kier alpha value is -2.83. The van der Waals surface area contributed by atoms with Crippen molar-refractivity contribution >= 4 is 17.5 Å². The number of rotatable bonds is 6. The van der Waals surface area contributed by atoms with Crippen LogP contribution in [0.4, 0.5) is 11.6 Å². The lowest BCUT2D eigenvalue weighted by molar-refractivity contribution is -0.118. The molecule has 0 radical (unpaired) electrons. The molecule has 2 heterocycles. The van der Waals surface area contributed by atoms with Crippen molar-refractivity contribution in [1.29, 1.82) is 0 Å². The number of carbonyl (C=O) groups is 1. The molecule has 1 aliphatic rings. The molecule has 1 aliphatic heterocycles. The minimum atomic E-state index is -0.267. The zero-order valence-electron chi connectivity index (χ0n) is 16.8. The Labute approximate surface area is 166 Å². The Balaban J connectivity index is 1.64. The molecule has 1 N–H and O–H groups in total. The van der Waals surface area contributed by atoms with Gasteiger partial charge < -0.3 is 19.7 Å². The minimum Gasteiger partial charge on any atom is -0.495 e. The van der Waals surface area contributed by atoms with Gasteiger partial charge in [0.15, 0.2) is 6.61 Å². The molecule has 1 aromatic heterocycles. The summed E-state index contributed by atoms with van der Waals surface area (Å²) in [5.41, 5.74) is 2.48. The SMILES string of the molecule is COc1ccc(C)cc1NC(=O)COc1cc(C)nc(N2CCCCCC2)n1. The average Bonchev–Trinajstić information content (AvgIpc) is 2.96. The highest BCUT2D eigenvalue weighted by Gasteiger charge is 2.15. The van der Waals surface area contributed by atoms with Gasteiger partial charge in [0, 0.05) is 24.8 Å². The zero-order chi connectivity index (χ0) is 19.9. The molecule has 1 amide bonds. The van der Waals surface area contributed by atoms with Gasteiger partial charge in [0.1, 0.15) is 5.75 Å². The van der Waals surface area contributed by atoms with Crippen molar-refractivity contribution < 1.29 is 14.3 Å². The van der Waals surface area contributed by atoms with Gasteiger partial charge in [0.2, 0.25) is 11.8 Å². The van der Waals surface area contributed by atoms with Gasteiger partial charge >= 0.3 is 0 Å². The molecule has 3 rings (SSSR count). The number of aryl methyl sites for hydroxylation is 2. The fraction of sp³-hybridized carbons (Fsp3) is 0.476. The van der Waals surface area contributed by atoms with Crippen LogP contribution in [0.5, 0.6) is 11.6 Å². The van der Waals surface area contributed by atoms with E-state index in [0.717, 1.165) is 37.2 Å². The van der Waals surface area contributed by atoms with Gasteiger partial charge in [-0.05, 0) is 44.4 Å². The second kappa shape index (κ2) is 9.39. The largest absolute Gasteiger partial charge is 0.495 e. The smallest absolute Gasteiger partial charge is 0.262 e. The monoisotopic (exact) mass is 384 g/mol. The lowest BCUT2D eigenvalue weighted by Crippen LogP contribution is -2.26. The van der Waals surface area contributed by atoms with Crippen LogP contribution in [0.3, 0.4) is 0 Å². The molecule has 2 aromatic rings. The summed E-state index contributed by atoms with van der Waals surface area (Å²) in [5.74, 6) is 1.44. The molecular weight excluding hydrogens is 356 g/mol. The quantitative estimate of drug-likeness (QED) is 0.821. The van der Waals surface area contributed by atoms with Crippen LogP contribution in [0.1, 0.15) is 36.9 Å². The second-order valence-corrected chi connectivity index (χ2v) is 7.09. The van der Waals surface area contributed by atoms with Gasteiger partial charge in [-0.25, -0.2) is 4.98 Å². The number of hydrogen-bond donors (Lipinski definition) is 1. The lowest BCUT2D eigenvalue weighted by Gasteiger charge is -2.21. The van der Waals surface area contributed by atoms with E-state index in [1.807, 2.05) is 32.0 Å². The van der Waals surface area contributed by atoms with Gasteiger partial charge in [-0.3, -0.25) is 4.79 Å². The molecule has 7 nitrogen and oxygen atoms in total. The predicted octanol–water partition coefficient (Wildman–Crippen LogP) is 3.50. The summed E-state index contributed by atoms with van der Waals surface area (Å²) in [6, 6.07) is 7.37. The van der Waals surface area contributed by atoms with Crippen molar-refractivity contribution in [2.75, 3.05) is 37.0 Å². The number of anilines is 2. The Kier molecular flexibility index (Phi) is 6.68. The highest BCUT2D eigenvalue weighted by Crippen LogP contribution is 2.25. The van der Waals surface area contributed by atoms with Crippen LogP contribution in [-0.2, 0) is 4.79 Å². The van der Waals surface area contributed by atoms with E-state index in [1.54, 1.807) is 13.2 Å². The van der Waals surface area contributed by atoms with Crippen molar-refractivity contribution in [3.8, 4) is 11.6 Å². The van der Waals surface area contributed by atoms with Gasteiger partial charge in [0.05, 0.1) is 12.8 Å². The van der Waals surface area contributed by atoms with Crippen LogP contribution in [0.25, 0.3) is 0 Å². The Morgan fingerprint density at radius 3 is 2.57 bits per heavy atom. The second-order valence-electron chi connectivity index (χ2n) is 7.09. The van der Waals surface area contributed by atoms with E-state index in [0.29, 0.717) is 23.3 Å². The molecule has 28 heavy (non-hydrogen) atoms. The number of ether oxygens (including phenoxy) is 2. The van der Waals surface area contributed by atoms with Crippen molar-refractivity contribution in [3.63, 3.8) is 0 Å². The van der Waals surface area contributed by atoms with E-state index in [1.165, 1.54) is 12.8 Å². The molecule has 1 aromatic carbocycles. The summed E-state index contributed by atoms with van der Waals surface area (Å²) in [7, 11) is 1.57. The van der Waals surface area contributed by atoms with Crippen molar-refractivity contribution in [1.82, 2.24) is 9.97 Å². The normalized spacial score (nSPS) is 14.3. The average molecular weight is 384 g/mol. The van der Waals surface area contributed by atoms with Gasteiger partial charge in [-0.2, -0.15) is 4.98 Å². The first kappa shape index (κ1) is 19.9. The molecule has 0 spiro atoms. The Bertz CT molecular complexity index is 817. The molecule has 1 fully saturated rings. The molecule has 1 saturated heterocycles. The van der Waals surface area contributed by atoms with E-state index >= 15 is 0 Å². The van der Waals surface area contributed by atoms with Gasteiger partial charge in [-0.1, -0.05) is 18.9 Å². The summed E-state index contributed by atoms with van der Waals surface area (Å²) in [6.45, 7) is 5.65. The number of methoxy groups -OCH3 is 1. The van der Waals surface area contributed by atoms with Crippen molar-refractivity contribution in [2.45, 2.75) is 39.5 Å². The number of amides is 1. The Morgan fingerprint density at radius 2 is 1.86 bits per heavy atom. The fourth-order valence-electron chi connectivity index (χ4n) is 3.26. The number of hydrogen-bond acceptors (Lipinski definition) is 6. The highest BCUT2D eigenvalue weighted by atomic mass is 16.5. The maximum absolute atomic E-state index is 12.3. The van der Waals surface area contributed by atoms with Crippen LogP contribution < -0.4 is 19.7 Å². The number of nitrogens with zero attached hydrogens (tertiary/aromatic N) is 3.